The molecule has 0 aliphatic carbocycles. The minimum Gasteiger partial charge on any atom is -0.467 e. The van der Waals surface area contributed by atoms with E-state index < -0.39 is 0 Å². The lowest BCUT2D eigenvalue weighted by atomic mass is 10.2. The first-order valence-corrected chi connectivity index (χ1v) is 10.6. The van der Waals surface area contributed by atoms with Crippen LogP contribution in [0.25, 0.3) is 22.3 Å². The predicted molar refractivity (Wildman–Crippen MR) is 107 cm³/mol. The average Bonchev–Trinajstić information content (AvgIpc) is 3.21. The van der Waals surface area contributed by atoms with Crippen LogP contribution in [0.2, 0.25) is 0 Å². The summed E-state index contributed by atoms with van der Waals surface area (Å²) in [7, 11) is 0. The monoisotopic (exact) mass is 396 g/mol. The number of hydrogen-bond donors (Lipinski definition) is 0. The molecule has 4 aromatic rings. The summed E-state index contributed by atoms with van der Waals surface area (Å²) >= 11 is 3.16. The summed E-state index contributed by atoms with van der Waals surface area (Å²) in [5, 5.41) is 5.55. The Morgan fingerprint density at radius 3 is 2.52 bits per heavy atom. The lowest BCUT2D eigenvalue weighted by Gasteiger charge is -2.07. The zero-order chi connectivity index (χ0) is 18.6. The normalized spacial score (nSPS) is 11.0. The highest BCUT2D eigenvalue weighted by Crippen LogP contribution is 2.26. The van der Waals surface area contributed by atoms with Gasteiger partial charge in [0.2, 0.25) is 11.7 Å². The third-order valence-electron chi connectivity index (χ3n) is 3.88. The van der Waals surface area contributed by atoms with Gasteiger partial charge in [-0.25, -0.2) is 4.98 Å². The van der Waals surface area contributed by atoms with Gasteiger partial charge in [0.05, 0.1) is 10.9 Å². The molecule has 8 heteroatoms. The maximum absolute atomic E-state index is 5.87. The molecule has 2 aromatic heterocycles. The van der Waals surface area contributed by atoms with Crippen LogP contribution in [0, 0.1) is 0 Å². The van der Waals surface area contributed by atoms with Gasteiger partial charge in [-0.2, -0.15) is 9.97 Å². The van der Waals surface area contributed by atoms with Gasteiger partial charge in [-0.3, -0.25) is 0 Å². The van der Waals surface area contributed by atoms with E-state index in [1.807, 2.05) is 61.0 Å². The van der Waals surface area contributed by atoms with E-state index in [0.29, 0.717) is 22.8 Å². The molecular weight excluding hydrogens is 380 g/mol. The molecule has 4 rings (SSSR count). The number of aromatic nitrogens is 4. The molecule has 0 saturated carbocycles. The molecule has 0 unspecified atom stereocenters. The van der Waals surface area contributed by atoms with Crippen LogP contribution in [0.15, 0.2) is 63.1 Å². The molecule has 2 aromatic carbocycles. The predicted octanol–water partition coefficient (Wildman–Crippen LogP) is 4.70. The van der Waals surface area contributed by atoms with Crippen molar-refractivity contribution in [2.24, 2.45) is 0 Å². The first-order chi connectivity index (χ1) is 13.3. The van der Waals surface area contributed by atoms with Gasteiger partial charge >= 0.3 is 0 Å². The molecule has 0 radical (unpaired) electrons. The van der Waals surface area contributed by atoms with E-state index >= 15 is 0 Å². The van der Waals surface area contributed by atoms with E-state index in [4.69, 9.17) is 9.26 Å². The van der Waals surface area contributed by atoms with Crippen LogP contribution in [0.5, 0.6) is 5.88 Å². The van der Waals surface area contributed by atoms with E-state index in [2.05, 4.69) is 20.1 Å². The molecule has 0 fully saturated rings. The molecule has 0 aliphatic rings. The molecule has 0 saturated heterocycles. The van der Waals surface area contributed by atoms with Crippen molar-refractivity contribution < 1.29 is 9.26 Å². The maximum Gasteiger partial charge on any atom is 0.264 e. The summed E-state index contributed by atoms with van der Waals surface area (Å²) in [5.41, 5.74) is 1.74. The van der Waals surface area contributed by atoms with Gasteiger partial charge in [0.15, 0.2) is 11.8 Å². The maximum atomic E-state index is 5.87. The van der Waals surface area contributed by atoms with Crippen molar-refractivity contribution in [3.05, 3.63) is 54.4 Å². The minimum atomic E-state index is 0.144. The molecule has 0 N–H and O–H groups in total. The van der Waals surface area contributed by atoms with Gasteiger partial charge in [-0.15, -0.1) is 11.8 Å². The molecule has 27 heavy (non-hydrogen) atoms. The van der Waals surface area contributed by atoms with Crippen molar-refractivity contribution in [2.45, 2.75) is 16.7 Å². The topological polar surface area (TPSA) is 73.9 Å². The second-order valence-corrected chi connectivity index (χ2v) is 7.21. The highest BCUT2D eigenvalue weighted by Gasteiger charge is 2.12. The third kappa shape index (κ3) is 3.91. The van der Waals surface area contributed by atoms with E-state index in [9.17, 15) is 0 Å². The fourth-order valence-corrected chi connectivity index (χ4v) is 3.30. The van der Waals surface area contributed by atoms with Gasteiger partial charge in [0.25, 0.3) is 5.89 Å². The fourth-order valence-electron chi connectivity index (χ4n) is 2.53. The van der Waals surface area contributed by atoms with Crippen molar-refractivity contribution in [3.8, 4) is 17.3 Å². The number of fused-ring (bicyclic) bond motifs is 1. The summed E-state index contributed by atoms with van der Waals surface area (Å²) in [6, 6.07) is 15.8. The molecule has 0 amide bonds. The number of rotatable bonds is 6. The Hall–Kier alpha value is -2.58. The van der Waals surface area contributed by atoms with Gasteiger partial charge in [-0.05, 0) is 48.9 Å². The SMILES string of the molecule is CSc1ccc(-c2noc(COc3nc(SC)nc4ccccc34)n2)cc1. The van der Waals surface area contributed by atoms with Gasteiger partial charge in [0.1, 0.15) is 0 Å². The highest BCUT2D eigenvalue weighted by atomic mass is 32.2. The molecule has 0 spiro atoms. The first kappa shape index (κ1) is 17.8. The second kappa shape index (κ2) is 7.98. The van der Waals surface area contributed by atoms with Crippen molar-refractivity contribution in [1.82, 2.24) is 20.1 Å². The molecule has 6 nitrogen and oxygen atoms in total. The largest absolute Gasteiger partial charge is 0.467 e. The van der Waals surface area contributed by atoms with Crippen LogP contribution in [-0.2, 0) is 6.61 Å². The van der Waals surface area contributed by atoms with Gasteiger partial charge in [0, 0.05) is 10.5 Å². The number of para-hydroxylation sites is 1. The number of ether oxygens (including phenoxy) is 1. The average molecular weight is 396 g/mol. The van der Waals surface area contributed by atoms with Crippen molar-refractivity contribution in [1.29, 1.82) is 0 Å². The minimum absolute atomic E-state index is 0.144. The van der Waals surface area contributed by atoms with Crippen molar-refractivity contribution in [2.75, 3.05) is 12.5 Å². The Morgan fingerprint density at radius 2 is 1.74 bits per heavy atom. The summed E-state index contributed by atoms with van der Waals surface area (Å²) in [6.07, 6.45) is 3.97. The molecule has 0 atom stereocenters. The van der Waals surface area contributed by atoms with Crippen molar-refractivity contribution in [3.63, 3.8) is 0 Å². The lowest BCUT2D eigenvalue weighted by molar-refractivity contribution is 0.236. The molecule has 0 bridgehead atoms. The van der Waals surface area contributed by atoms with Crippen LogP contribution in [-0.4, -0.2) is 32.6 Å². The van der Waals surface area contributed by atoms with Gasteiger partial charge < -0.3 is 9.26 Å². The lowest BCUT2D eigenvalue weighted by Crippen LogP contribution is -2.00. The number of benzene rings is 2. The second-order valence-electron chi connectivity index (χ2n) is 5.56. The summed E-state index contributed by atoms with van der Waals surface area (Å²) in [4.78, 5) is 14.5. The van der Waals surface area contributed by atoms with Crippen molar-refractivity contribution >= 4 is 34.4 Å². The summed E-state index contributed by atoms with van der Waals surface area (Å²) < 4.78 is 11.2. The zero-order valence-electron chi connectivity index (χ0n) is 14.7. The van der Waals surface area contributed by atoms with Gasteiger partial charge in [-0.1, -0.05) is 29.1 Å². The van der Waals surface area contributed by atoms with E-state index in [-0.39, 0.29) is 6.61 Å². The molecular formula is C19H16N4O2S2. The Bertz CT molecular complexity index is 1070. The van der Waals surface area contributed by atoms with E-state index in [1.54, 1.807) is 11.8 Å². The van der Waals surface area contributed by atoms with Crippen LogP contribution in [0.1, 0.15) is 5.89 Å². The Morgan fingerprint density at radius 1 is 0.926 bits per heavy atom. The Labute approximate surface area is 164 Å². The number of nitrogens with zero attached hydrogens (tertiary/aromatic N) is 4. The zero-order valence-corrected chi connectivity index (χ0v) is 16.4. The fraction of sp³-hybridized carbons (Fsp3) is 0.158. The third-order valence-corrected chi connectivity index (χ3v) is 5.17. The smallest absolute Gasteiger partial charge is 0.264 e. The Kier molecular flexibility index (Phi) is 5.26. The Balaban J connectivity index is 1.54. The summed E-state index contributed by atoms with van der Waals surface area (Å²) in [6.45, 7) is 0.144. The number of thioether (sulfide) groups is 2. The van der Waals surface area contributed by atoms with Crippen LogP contribution < -0.4 is 4.74 Å². The van der Waals surface area contributed by atoms with Crippen LogP contribution in [0.4, 0.5) is 0 Å². The molecule has 0 aliphatic heterocycles. The standard InChI is InChI=1S/C19H16N4O2S2/c1-26-13-9-7-12(8-10-13)17-21-16(25-23-17)11-24-18-14-5-3-4-6-15(14)20-19(22-18)27-2/h3-10H,11H2,1-2H3. The highest BCUT2D eigenvalue weighted by molar-refractivity contribution is 7.98. The van der Waals surface area contributed by atoms with Crippen LogP contribution in [0.3, 0.4) is 0 Å². The van der Waals surface area contributed by atoms with E-state index in [0.717, 1.165) is 16.5 Å². The summed E-state index contributed by atoms with van der Waals surface area (Å²) in [5.74, 6) is 1.44. The van der Waals surface area contributed by atoms with Crippen LogP contribution >= 0.6 is 23.5 Å². The number of hydrogen-bond acceptors (Lipinski definition) is 8. The molecule has 136 valence electrons. The first-order valence-electron chi connectivity index (χ1n) is 8.17. The van der Waals surface area contributed by atoms with E-state index in [1.165, 1.54) is 16.7 Å². The quantitative estimate of drug-likeness (QED) is 0.343. The molecule has 2 heterocycles.